The van der Waals surface area contributed by atoms with Crippen molar-refractivity contribution in [2.24, 2.45) is 5.73 Å². The van der Waals surface area contributed by atoms with Gasteiger partial charge in [0.1, 0.15) is 0 Å². The van der Waals surface area contributed by atoms with Crippen molar-refractivity contribution >= 4 is 27.7 Å². The molecule has 2 aromatic rings. The van der Waals surface area contributed by atoms with Gasteiger partial charge in [-0.15, -0.1) is 10.2 Å². The third-order valence-electron chi connectivity index (χ3n) is 1.97. The fourth-order valence-electron chi connectivity index (χ4n) is 1.19. The van der Waals surface area contributed by atoms with Gasteiger partial charge in [0.15, 0.2) is 10.4 Å². The second-order valence-electron chi connectivity index (χ2n) is 3.30. The summed E-state index contributed by atoms with van der Waals surface area (Å²) in [4.78, 5) is 0. The van der Waals surface area contributed by atoms with E-state index in [9.17, 15) is 0 Å². The highest BCUT2D eigenvalue weighted by molar-refractivity contribution is 9.10. The summed E-state index contributed by atoms with van der Waals surface area (Å²) in [6, 6.07) is 3.57. The zero-order valence-electron chi connectivity index (χ0n) is 9.06. The summed E-state index contributed by atoms with van der Waals surface area (Å²) >= 11 is 4.95. The van der Waals surface area contributed by atoms with Gasteiger partial charge < -0.3 is 14.6 Å². The molecule has 0 amide bonds. The van der Waals surface area contributed by atoms with Crippen LogP contribution < -0.4 is 5.73 Å². The van der Waals surface area contributed by atoms with E-state index in [1.54, 1.807) is 23.9 Å². The van der Waals surface area contributed by atoms with Crippen LogP contribution in [0.2, 0.25) is 0 Å². The normalized spacial score (nSPS) is 10.9. The third kappa shape index (κ3) is 3.58. The molecule has 2 N–H and O–H groups in total. The number of furan rings is 1. The predicted molar refractivity (Wildman–Crippen MR) is 69.5 cm³/mol. The van der Waals surface area contributed by atoms with Crippen molar-refractivity contribution in [2.75, 3.05) is 12.3 Å². The monoisotopic (exact) mass is 317 g/mol. The van der Waals surface area contributed by atoms with Gasteiger partial charge in [0.2, 0.25) is 5.89 Å². The summed E-state index contributed by atoms with van der Waals surface area (Å²) < 4.78 is 11.4. The van der Waals surface area contributed by atoms with Crippen LogP contribution in [0.25, 0.3) is 11.7 Å². The highest BCUT2D eigenvalue weighted by Gasteiger charge is 2.11. The Labute approximate surface area is 111 Å². The number of rotatable bonds is 6. The Kier molecular flexibility index (Phi) is 4.64. The van der Waals surface area contributed by atoms with Gasteiger partial charge in [-0.1, -0.05) is 0 Å². The van der Waals surface area contributed by atoms with Gasteiger partial charge in [0.05, 0.1) is 5.75 Å². The molecule has 0 aliphatic rings. The van der Waals surface area contributed by atoms with Crippen molar-refractivity contribution in [3.05, 3.63) is 22.7 Å². The predicted octanol–water partition coefficient (Wildman–Crippen LogP) is 2.67. The third-order valence-corrected chi connectivity index (χ3v) is 3.42. The molecule has 2 aromatic heterocycles. The lowest BCUT2D eigenvalue weighted by Crippen LogP contribution is -1.99. The molecule has 92 valence electrons. The van der Waals surface area contributed by atoms with Crippen LogP contribution in [0.1, 0.15) is 12.3 Å². The van der Waals surface area contributed by atoms with E-state index in [2.05, 4.69) is 26.1 Å². The molecule has 0 radical (unpaired) electrons. The van der Waals surface area contributed by atoms with E-state index in [0.29, 0.717) is 34.5 Å². The zero-order valence-corrected chi connectivity index (χ0v) is 11.5. The molecular formula is C10H12BrN3O2S. The molecule has 0 aliphatic carbocycles. The number of nitrogens with two attached hydrogens (primary N) is 1. The maximum absolute atomic E-state index is 5.47. The Bertz CT molecular complexity index is 472. The minimum atomic E-state index is 0.408. The molecular weight excluding hydrogens is 306 g/mol. The van der Waals surface area contributed by atoms with Crippen molar-refractivity contribution in [1.82, 2.24) is 10.2 Å². The quantitative estimate of drug-likeness (QED) is 0.825. The van der Waals surface area contributed by atoms with Crippen LogP contribution in [0, 0.1) is 0 Å². The number of thioether (sulfide) groups is 1. The first-order valence-electron chi connectivity index (χ1n) is 5.15. The molecule has 0 bridgehead atoms. The highest BCUT2D eigenvalue weighted by Crippen LogP contribution is 2.24. The molecule has 0 fully saturated rings. The molecule has 0 saturated heterocycles. The van der Waals surface area contributed by atoms with Gasteiger partial charge in [0.25, 0.3) is 5.89 Å². The zero-order chi connectivity index (χ0) is 12.1. The summed E-state index contributed by atoms with van der Waals surface area (Å²) in [5.74, 6) is 3.29. The smallest absolute Gasteiger partial charge is 0.283 e. The lowest BCUT2D eigenvalue weighted by molar-refractivity contribution is 0.486. The summed E-state index contributed by atoms with van der Waals surface area (Å²) in [6.45, 7) is 0.711. The Morgan fingerprint density at radius 3 is 2.88 bits per heavy atom. The number of hydrogen-bond acceptors (Lipinski definition) is 6. The average Bonchev–Trinajstić information content (AvgIpc) is 2.93. The summed E-state index contributed by atoms with van der Waals surface area (Å²) in [5, 5.41) is 7.88. The second kappa shape index (κ2) is 6.23. The average molecular weight is 318 g/mol. The Morgan fingerprint density at radius 1 is 1.29 bits per heavy atom. The Hall–Kier alpha value is -0.790. The van der Waals surface area contributed by atoms with Crippen molar-refractivity contribution in [2.45, 2.75) is 12.2 Å². The van der Waals surface area contributed by atoms with E-state index in [1.807, 2.05) is 0 Å². The first kappa shape index (κ1) is 12.7. The van der Waals surface area contributed by atoms with Gasteiger partial charge >= 0.3 is 0 Å². The van der Waals surface area contributed by atoms with Crippen LogP contribution in [0.4, 0.5) is 0 Å². The summed E-state index contributed by atoms with van der Waals surface area (Å²) in [5.41, 5.74) is 5.41. The lowest BCUT2D eigenvalue weighted by atomic mass is 10.5. The van der Waals surface area contributed by atoms with E-state index in [0.717, 1.165) is 12.2 Å². The van der Waals surface area contributed by atoms with Crippen molar-refractivity contribution in [1.29, 1.82) is 0 Å². The molecule has 17 heavy (non-hydrogen) atoms. The van der Waals surface area contributed by atoms with E-state index >= 15 is 0 Å². The van der Waals surface area contributed by atoms with Gasteiger partial charge in [-0.25, -0.2) is 0 Å². The minimum absolute atomic E-state index is 0.408. The van der Waals surface area contributed by atoms with E-state index in [4.69, 9.17) is 14.6 Å². The van der Waals surface area contributed by atoms with Gasteiger partial charge in [-0.05, 0) is 46.8 Å². The fourth-order valence-corrected chi connectivity index (χ4v) is 2.30. The maximum Gasteiger partial charge on any atom is 0.283 e. The van der Waals surface area contributed by atoms with Crippen LogP contribution in [0.5, 0.6) is 0 Å². The van der Waals surface area contributed by atoms with Crippen LogP contribution in [-0.2, 0) is 5.75 Å². The molecule has 2 rings (SSSR count). The molecule has 0 unspecified atom stereocenters. The van der Waals surface area contributed by atoms with Gasteiger partial charge in [0, 0.05) is 0 Å². The molecule has 5 nitrogen and oxygen atoms in total. The SMILES string of the molecule is NCCCSCc1nnc(-c2ccc(Br)o2)o1. The van der Waals surface area contributed by atoms with Crippen LogP contribution in [0.15, 0.2) is 25.6 Å². The molecule has 2 heterocycles. The Balaban J connectivity index is 1.92. The van der Waals surface area contributed by atoms with Gasteiger partial charge in [-0.3, -0.25) is 0 Å². The molecule has 7 heteroatoms. The number of aromatic nitrogens is 2. The Morgan fingerprint density at radius 2 is 2.18 bits per heavy atom. The number of hydrogen-bond donors (Lipinski definition) is 1. The molecule has 0 atom stereocenters. The van der Waals surface area contributed by atoms with Crippen molar-refractivity contribution < 1.29 is 8.83 Å². The first-order valence-corrected chi connectivity index (χ1v) is 7.10. The van der Waals surface area contributed by atoms with Crippen molar-refractivity contribution in [3.8, 4) is 11.7 Å². The van der Waals surface area contributed by atoms with Crippen LogP contribution in [-0.4, -0.2) is 22.5 Å². The maximum atomic E-state index is 5.47. The molecule has 0 aliphatic heterocycles. The van der Waals surface area contributed by atoms with Crippen LogP contribution >= 0.6 is 27.7 Å². The lowest BCUT2D eigenvalue weighted by Gasteiger charge is -1.94. The molecule has 0 spiro atoms. The summed E-state index contributed by atoms with van der Waals surface area (Å²) in [6.07, 6.45) is 0.997. The van der Waals surface area contributed by atoms with Crippen molar-refractivity contribution in [3.63, 3.8) is 0 Å². The molecule has 0 aromatic carbocycles. The largest absolute Gasteiger partial charge is 0.444 e. The number of nitrogens with zero attached hydrogens (tertiary/aromatic N) is 2. The first-order chi connectivity index (χ1) is 8.29. The highest BCUT2D eigenvalue weighted by atomic mass is 79.9. The van der Waals surface area contributed by atoms with E-state index in [1.165, 1.54) is 0 Å². The molecule has 0 saturated carbocycles. The summed E-state index contributed by atoms with van der Waals surface area (Å²) in [7, 11) is 0. The van der Waals surface area contributed by atoms with E-state index in [-0.39, 0.29) is 0 Å². The standard InChI is InChI=1S/C10H12BrN3O2S/c11-8-3-2-7(15-8)10-14-13-9(16-10)6-17-5-1-4-12/h2-3H,1,4-6,12H2. The van der Waals surface area contributed by atoms with Gasteiger partial charge in [-0.2, -0.15) is 11.8 Å². The van der Waals surface area contributed by atoms with E-state index < -0.39 is 0 Å². The minimum Gasteiger partial charge on any atom is -0.444 e. The fraction of sp³-hybridized carbons (Fsp3) is 0.400. The topological polar surface area (TPSA) is 78.1 Å². The second-order valence-corrected chi connectivity index (χ2v) is 5.19. The number of halogens is 1. The van der Waals surface area contributed by atoms with Crippen LogP contribution in [0.3, 0.4) is 0 Å².